The lowest BCUT2D eigenvalue weighted by atomic mass is 9.86. The maximum absolute atomic E-state index is 6.44. The van der Waals surface area contributed by atoms with Gasteiger partial charge in [0, 0.05) is 16.1 Å². The molecule has 0 amide bonds. The Bertz CT molecular complexity index is 391. The maximum Gasteiger partial charge on any atom is 0.124 e. The van der Waals surface area contributed by atoms with Crippen LogP contribution in [0, 0.1) is 5.92 Å². The summed E-state index contributed by atoms with van der Waals surface area (Å²) in [6.45, 7) is 4.81. The molecule has 0 unspecified atom stereocenters. The zero-order valence-corrected chi connectivity index (χ0v) is 12.4. The minimum Gasteiger partial charge on any atom is -0.494 e. The third-order valence-electron chi connectivity index (χ3n) is 3.52. The molecule has 2 rings (SSSR count). The fourth-order valence-corrected chi connectivity index (χ4v) is 2.90. The van der Waals surface area contributed by atoms with Crippen LogP contribution < -0.4 is 15.8 Å². The fourth-order valence-electron chi connectivity index (χ4n) is 2.52. The van der Waals surface area contributed by atoms with Crippen molar-refractivity contribution in [3.05, 3.63) is 28.2 Å². The van der Waals surface area contributed by atoms with Crippen molar-refractivity contribution < 1.29 is 4.74 Å². The molecule has 4 heteroatoms. The summed E-state index contributed by atoms with van der Waals surface area (Å²) in [6.07, 6.45) is 2.28. The smallest absolute Gasteiger partial charge is 0.124 e. The molecule has 3 nitrogen and oxygen atoms in total. The van der Waals surface area contributed by atoms with E-state index in [1.165, 1.54) is 0 Å². The maximum atomic E-state index is 6.44. The van der Waals surface area contributed by atoms with Crippen molar-refractivity contribution >= 4 is 15.9 Å². The van der Waals surface area contributed by atoms with Crippen LogP contribution in [0.15, 0.2) is 22.7 Å². The van der Waals surface area contributed by atoms with Gasteiger partial charge in [-0.15, -0.1) is 0 Å². The Morgan fingerprint density at radius 2 is 2.17 bits per heavy atom. The van der Waals surface area contributed by atoms with E-state index < -0.39 is 0 Å². The van der Waals surface area contributed by atoms with Gasteiger partial charge in [-0.25, -0.2) is 0 Å². The van der Waals surface area contributed by atoms with Crippen LogP contribution in [0.4, 0.5) is 0 Å². The Morgan fingerprint density at radius 1 is 1.44 bits per heavy atom. The number of nitrogens with two attached hydrogens (primary N) is 1. The second kappa shape index (κ2) is 6.55. The Morgan fingerprint density at radius 3 is 2.83 bits per heavy atom. The fraction of sp³-hybridized carbons (Fsp3) is 0.571. The minimum absolute atomic E-state index is 0.0612. The molecular formula is C14H21BrN2O. The van der Waals surface area contributed by atoms with Gasteiger partial charge in [0.25, 0.3) is 0 Å². The molecule has 1 saturated heterocycles. The van der Waals surface area contributed by atoms with Crippen LogP contribution in [-0.4, -0.2) is 19.7 Å². The second-order valence-electron chi connectivity index (χ2n) is 4.73. The van der Waals surface area contributed by atoms with E-state index in [0.717, 1.165) is 41.7 Å². The van der Waals surface area contributed by atoms with Gasteiger partial charge in [0.2, 0.25) is 0 Å². The Hall–Kier alpha value is -0.580. The molecule has 3 N–H and O–H groups in total. The first kappa shape index (κ1) is 13.8. The number of benzene rings is 1. The van der Waals surface area contributed by atoms with Crippen molar-refractivity contribution in [2.45, 2.75) is 25.8 Å². The SMILES string of the molecule is CCOc1ccc(Br)cc1[C@H](N)C1CCNCC1. The summed E-state index contributed by atoms with van der Waals surface area (Å²) in [5.41, 5.74) is 7.56. The summed E-state index contributed by atoms with van der Waals surface area (Å²) in [5, 5.41) is 3.38. The molecule has 0 spiro atoms. The molecule has 1 aliphatic rings. The number of piperidine rings is 1. The summed E-state index contributed by atoms with van der Waals surface area (Å²) in [4.78, 5) is 0. The van der Waals surface area contributed by atoms with E-state index in [4.69, 9.17) is 10.5 Å². The van der Waals surface area contributed by atoms with E-state index >= 15 is 0 Å². The number of halogens is 1. The zero-order chi connectivity index (χ0) is 13.0. The molecular weight excluding hydrogens is 292 g/mol. The normalized spacial score (nSPS) is 18.6. The first-order valence-electron chi connectivity index (χ1n) is 6.61. The highest BCUT2D eigenvalue weighted by Crippen LogP contribution is 2.34. The lowest BCUT2D eigenvalue weighted by molar-refractivity contribution is 0.300. The summed E-state index contributed by atoms with van der Waals surface area (Å²) >= 11 is 3.52. The largest absolute Gasteiger partial charge is 0.494 e. The van der Waals surface area contributed by atoms with Crippen molar-refractivity contribution in [2.24, 2.45) is 11.7 Å². The molecule has 0 aliphatic carbocycles. The second-order valence-corrected chi connectivity index (χ2v) is 5.64. The van der Waals surface area contributed by atoms with Crippen LogP contribution in [0.1, 0.15) is 31.4 Å². The van der Waals surface area contributed by atoms with Crippen LogP contribution in [0.2, 0.25) is 0 Å². The molecule has 18 heavy (non-hydrogen) atoms. The van der Waals surface area contributed by atoms with E-state index in [2.05, 4.69) is 27.3 Å². The van der Waals surface area contributed by atoms with Crippen LogP contribution in [0.5, 0.6) is 5.75 Å². The van der Waals surface area contributed by atoms with Crippen LogP contribution >= 0.6 is 15.9 Å². The molecule has 1 aromatic carbocycles. The number of hydrogen-bond acceptors (Lipinski definition) is 3. The third-order valence-corrected chi connectivity index (χ3v) is 4.02. The standard InChI is InChI=1S/C14H21BrN2O/c1-2-18-13-4-3-11(15)9-12(13)14(16)10-5-7-17-8-6-10/h3-4,9-10,14,17H,2,5-8,16H2,1H3/t14-/m1/s1. The highest BCUT2D eigenvalue weighted by molar-refractivity contribution is 9.10. The Labute approximate surface area is 117 Å². The van der Waals surface area contributed by atoms with E-state index in [-0.39, 0.29) is 6.04 Å². The van der Waals surface area contributed by atoms with Gasteiger partial charge in [0.1, 0.15) is 5.75 Å². The molecule has 1 fully saturated rings. The highest BCUT2D eigenvalue weighted by Gasteiger charge is 2.24. The summed E-state index contributed by atoms with van der Waals surface area (Å²) < 4.78 is 6.75. The van der Waals surface area contributed by atoms with Crippen molar-refractivity contribution in [2.75, 3.05) is 19.7 Å². The first-order chi connectivity index (χ1) is 8.72. The number of hydrogen-bond donors (Lipinski definition) is 2. The Kier molecular flexibility index (Phi) is 5.03. The molecule has 1 aliphatic heterocycles. The van der Waals surface area contributed by atoms with E-state index in [1.807, 2.05) is 19.1 Å². The van der Waals surface area contributed by atoms with Gasteiger partial charge in [0.15, 0.2) is 0 Å². The van der Waals surface area contributed by atoms with Crippen LogP contribution in [0.25, 0.3) is 0 Å². The van der Waals surface area contributed by atoms with Crippen molar-refractivity contribution in [3.63, 3.8) is 0 Å². The van der Waals surface area contributed by atoms with Crippen molar-refractivity contribution in [3.8, 4) is 5.75 Å². The Balaban J connectivity index is 2.21. The van der Waals surface area contributed by atoms with E-state index in [0.29, 0.717) is 12.5 Å². The van der Waals surface area contributed by atoms with E-state index in [9.17, 15) is 0 Å². The van der Waals surface area contributed by atoms with E-state index in [1.54, 1.807) is 0 Å². The number of rotatable bonds is 4. The summed E-state index contributed by atoms with van der Waals surface area (Å²) in [7, 11) is 0. The lowest BCUT2D eigenvalue weighted by Crippen LogP contribution is -2.34. The highest BCUT2D eigenvalue weighted by atomic mass is 79.9. The van der Waals surface area contributed by atoms with Gasteiger partial charge in [-0.1, -0.05) is 15.9 Å². The quantitative estimate of drug-likeness (QED) is 0.898. The zero-order valence-electron chi connectivity index (χ0n) is 10.8. The molecule has 100 valence electrons. The molecule has 0 aromatic heterocycles. The predicted octanol–water partition coefficient (Wildman–Crippen LogP) is 2.85. The van der Waals surface area contributed by atoms with Crippen molar-refractivity contribution in [1.82, 2.24) is 5.32 Å². The van der Waals surface area contributed by atoms with Gasteiger partial charge in [0.05, 0.1) is 6.61 Å². The first-order valence-corrected chi connectivity index (χ1v) is 7.40. The number of ether oxygens (including phenoxy) is 1. The van der Waals surface area contributed by atoms with Gasteiger partial charge < -0.3 is 15.8 Å². The monoisotopic (exact) mass is 312 g/mol. The molecule has 0 saturated carbocycles. The van der Waals surface area contributed by atoms with Gasteiger partial charge in [-0.05, 0) is 57.0 Å². The van der Waals surface area contributed by atoms with Crippen LogP contribution in [0.3, 0.4) is 0 Å². The molecule has 0 radical (unpaired) electrons. The summed E-state index contributed by atoms with van der Waals surface area (Å²) in [6, 6.07) is 6.16. The average molecular weight is 313 g/mol. The molecule has 1 atom stereocenters. The number of nitrogens with one attached hydrogen (secondary N) is 1. The van der Waals surface area contributed by atoms with Crippen molar-refractivity contribution in [1.29, 1.82) is 0 Å². The predicted molar refractivity (Wildman–Crippen MR) is 77.8 cm³/mol. The molecule has 1 aromatic rings. The van der Waals surface area contributed by atoms with Gasteiger partial charge >= 0.3 is 0 Å². The molecule has 1 heterocycles. The average Bonchev–Trinajstić information content (AvgIpc) is 2.41. The molecule has 0 bridgehead atoms. The minimum atomic E-state index is 0.0612. The van der Waals surface area contributed by atoms with Gasteiger partial charge in [-0.2, -0.15) is 0 Å². The summed E-state index contributed by atoms with van der Waals surface area (Å²) in [5.74, 6) is 1.46. The third kappa shape index (κ3) is 3.25. The lowest BCUT2D eigenvalue weighted by Gasteiger charge is -2.29. The van der Waals surface area contributed by atoms with Gasteiger partial charge in [-0.3, -0.25) is 0 Å². The van der Waals surface area contributed by atoms with Crippen LogP contribution in [-0.2, 0) is 0 Å². The topological polar surface area (TPSA) is 47.3 Å².